The summed E-state index contributed by atoms with van der Waals surface area (Å²) in [5.74, 6) is -0.685. The highest BCUT2D eigenvalue weighted by molar-refractivity contribution is 6.34. The molecule has 0 spiro atoms. The third-order valence-electron chi connectivity index (χ3n) is 5.41. The summed E-state index contributed by atoms with van der Waals surface area (Å²) in [6, 6.07) is 18.1. The SMILES string of the molecule is O=C(O)COc1ccc(Cl)c(-c2ccc(Cl)c3c2CN(C(=O)OCc2ccccc2)CC3)c1. The molecule has 0 aromatic heterocycles. The van der Waals surface area contributed by atoms with Crippen molar-refractivity contribution in [1.82, 2.24) is 4.90 Å². The Labute approximate surface area is 201 Å². The van der Waals surface area contributed by atoms with Crippen LogP contribution in [0.1, 0.15) is 16.7 Å². The van der Waals surface area contributed by atoms with Crippen molar-refractivity contribution in [3.63, 3.8) is 0 Å². The average Bonchev–Trinajstić information content (AvgIpc) is 2.83. The van der Waals surface area contributed by atoms with E-state index >= 15 is 0 Å². The third-order valence-corrected chi connectivity index (χ3v) is 6.09. The van der Waals surface area contributed by atoms with Crippen LogP contribution >= 0.6 is 23.2 Å². The summed E-state index contributed by atoms with van der Waals surface area (Å²) < 4.78 is 10.8. The van der Waals surface area contributed by atoms with E-state index in [1.54, 1.807) is 29.2 Å². The summed E-state index contributed by atoms with van der Waals surface area (Å²) in [7, 11) is 0. The van der Waals surface area contributed by atoms with Crippen LogP contribution in [0.3, 0.4) is 0 Å². The Morgan fingerprint density at radius 2 is 1.70 bits per heavy atom. The highest BCUT2D eigenvalue weighted by Crippen LogP contribution is 2.39. The van der Waals surface area contributed by atoms with Crippen LogP contribution in [-0.2, 0) is 29.1 Å². The van der Waals surface area contributed by atoms with Gasteiger partial charge in [0.05, 0.1) is 0 Å². The molecule has 170 valence electrons. The van der Waals surface area contributed by atoms with E-state index in [0.717, 1.165) is 22.3 Å². The topological polar surface area (TPSA) is 76.1 Å². The molecule has 3 aromatic carbocycles. The molecule has 4 rings (SSSR count). The first kappa shape index (κ1) is 23.0. The largest absolute Gasteiger partial charge is 0.482 e. The van der Waals surface area contributed by atoms with Crippen molar-refractivity contribution in [1.29, 1.82) is 0 Å². The van der Waals surface area contributed by atoms with E-state index in [0.29, 0.717) is 40.9 Å². The van der Waals surface area contributed by atoms with Crippen molar-refractivity contribution < 1.29 is 24.2 Å². The summed E-state index contributed by atoms with van der Waals surface area (Å²) in [6.07, 6.45) is 0.176. The molecule has 1 heterocycles. The van der Waals surface area contributed by atoms with Crippen molar-refractivity contribution in [3.8, 4) is 16.9 Å². The monoisotopic (exact) mass is 485 g/mol. The van der Waals surface area contributed by atoms with Crippen molar-refractivity contribution in [2.75, 3.05) is 13.2 Å². The number of hydrogen-bond donors (Lipinski definition) is 1. The molecule has 1 aliphatic heterocycles. The molecule has 0 saturated carbocycles. The number of benzene rings is 3. The van der Waals surface area contributed by atoms with Gasteiger partial charge in [-0.15, -0.1) is 0 Å². The molecule has 0 fully saturated rings. The smallest absolute Gasteiger partial charge is 0.410 e. The zero-order chi connectivity index (χ0) is 23.4. The summed E-state index contributed by atoms with van der Waals surface area (Å²) in [5, 5.41) is 9.99. The number of aliphatic carboxylic acids is 1. The fourth-order valence-corrected chi connectivity index (χ4v) is 4.29. The van der Waals surface area contributed by atoms with Crippen LogP contribution < -0.4 is 4.74 Å². The average molecular weight is 486 g/mol. The lowest BCUT2D eigenvalue weighted by Crippen LogP contribution is -2.36. The van der Waals surface area contributed by atoms with Gasteiger partial charge in [0, 0.05) is 28.7 Å². The normalized spacial score (nSPS) is 12.7. The molecule has 0 aliphatic carbocycles. The van der Waals surface area contributed by atoms with Crippen LogP contribution in [0.5, 0.6) is 5.75 Å². The number of rotatable bonds is 6. The Kier molecular flexibility index (Phi) is 7.06. The number of amides is 1. The molecular weight excluding hydrogens is 465 g/mol. The minimum Gasteiger partial charge on any atom is -0.482 e. The van der Waals surface area contributed by atoms with Gasteiger partial charge >= 0.3 is 12.1 Å². The molecule has 3 aromatic rings. The van der Waals surface area contributed by atoms with E-state index in [2.05, 4.69) is 0 Å². The van der Waals surface area contributed by atoms with Gasteiger partial charge in [0.1, 0.15) is 12.4 Å². The molecule has 0 saturated heterocycles. The first-order valence-corrected chi connectivity index (χ1v) is 11.1. The first-order valence-electron chi connectivity index (χ1n) is 10.3. The molecule has 8 heteroatoms. The molecular formula is C25H21Cl2NO5. The van der Waals surface area contributed by atoms with Gasteiger partial charge in [-0.1, -0.05) is 59.6 Å². The van der Waals surface area contributed by atoms with E-state index in [1.165, 1.54) is 0 Å². The quantitative estimate of drug-likeness (QED) is 0.475. The number of hydrogen-bond acceptors (Lipinski definition) is 4. The Hall–Kier alpha value is -3.22. The number of carboxylic acids is 1. The minimum atomic E-state index is -1.07. The second-order valence-corrected chi connectivity index (χ2v) is 8.40. The third kappa shape index (κ3) is 5.41. The van der Waals surface area contributed by atoms with Crippen LogP contribution in [-0.4, -0.2) is 35.2 Å². The maximum Gasteiger partial charge on any atom is 0.410 e. The zero-order valence-corrected chi connectivity index (χ0v) is 19.1. The van der Waals surface area contributed by atoms with Gasteiger partial charge in [-0.3, -0.25) is 0 Å². The fraction of sp³-hybridized carbons (Fsp3) is 0.200. The number of fused-ring (bicyclic) bond motifs is 1. The molecule has 0 unspecified atom stereocenters. The first-order chi connectivity index (χ1) is 15.9. The molecule has 1 N–H and O–H groups in total. The standard InChI is InChI=1S/C25H21Cl2NO5/c26-22-9-7-18(20-12-17(6-8-23(20)27)32-15-24(29)30)21-13-28(11-10-19(21)22)25(31)33-14-16-4-2-1-3-5-16/h1-9,12H,10-11,13-15H2,(H,29,30). The highest BCUT2D eigenvalue weighted by atomic mass is 35.5. The number of ether oxygens (including phenoxy) is 2. The van der Waals surface area contributed by atoms with Gasteiger partial charge < -0.3 is 19.5 Å². The molecule has 33 heavy (non-hydrogen) atoms. The maximum absolute atomic E-state index is 12.8. The second-order valence-electron chi connectivity index (χ2n) is 7.59. The van der Waals surface area contributed by atoms with Crippen molar-refractivity contribution in [3.05, 3.63) is 87.4 Å². The van der Waals surface area contributed by atoms with Gasteiger partial charge in [0.2, 0.25) is 0 Å². The number of carbonyl (C=O) groups is 2. The van der Waals surface area contributed by atoms with Gasteiger partial charge in [0.15, 0.2) is 6.61 Å². The van der Waals surface area contributed by atoms with Gasteiger partial charge in [-0.25, -0.2) is 9.59 Å². The van der Waals surface area contributed by atoms with E-state index in [1.807, 2.05) is 36.4 Å². The highest BCUT2D eigenvalue weighted by Gasteiger charge is 2.26. The molecule has 1 aliphatic rings. The zero-order valence-electron chi connectivity index (χ0n) is 17.6. The molecule has 0 bridgehead atoms. The van der Waals surface area contributed by atoms with E-state index in [4.69, 9.17) is 37.8 Å². The number of carboxylic acid groups (broad SMARTS) is 1. The van der Waals surface area contributed by atoms with Crippen molar-refractivity contribution in [2.45, 2.75) is 19.6 Å². The Bertz CT molecular complexity index is 1180. The van der Waals surface area contributed by atoms with E-state index in [-0.39, 0.29) is 6.61 Å². The van der Waals surface area contributed by atoms with Crippen LogP contribution in [0.2, 0.25) is 10.0 Å². The molecule has 0 atom stereocenters. The lowest BCUT2D eigenvalue weighted by molar-refractivity contribution is -0.139. The van der Waals surface area contributed by atoms with Crippen LogP contribution in [0.25, 0.3) is 11.1 Å². The minimum absolute atomic E-state index is 0.195. The van der Waals surface area contributed by atoms with E-state index < -0.39 is 18.7 Å². The molecule has 6 nitrogen and oxygen atoms in total. The van der Waals surface area contributed by atoms with Gasteiger partial charge in [-0.05, 0) is 52.9 Å². The Morgan fingerprint density at radius 1 is 0.939 bits per heavy atom. The number of halogens is 2. The summed E-state index contributed by atoms with van der Waals surface area (Å²) in [5.41, 5.74) is 4.22. The van der Waals surface area contributed by atoms with Gasteiger partial charge in [-0.2, -0.15) is 0 Å². The fourth-order valence-electron chi connectivity index (χ4n) is 3.80. The van der Waals surface area contributed by atoms with Crippen molar-refractivity contribution in [2.24, 2.45) is 0 Å². The summed E-state index contributed by atoms with van der Waals surface area (Å²) in [4.78, 5) is 25.2. The second kappa shape index (κ2) is 10.1. The predicted octanol–water partition coefficient (Wildman–Crippen LogP) is 5.82. The van der Waals surface area contributed by atoms with E-state index in [9.17, 15) is 9.59 Å². The van der Waals surface area contributed by atoms with Gasteiger partial charge in [0.25, 0.3) is 0 Å². The lowest BCUT2D eigenvalue weighted by Gasteiger charge is -2.30. The summed E-state index contributed by atoms with van der Waals surface area (Å²) >= 11 is 13.0. The Balaban J connectivity index is 1.59. The predicted molar refractivity (Wildman–Crippen MR) is 126 cm³/mol. The van der Waals surface area contributed by atoms with Crippen LogP contribution in [0, 0.1) is 0 Å². The number of nitrogens with zero attached hydrogens (tertiary/aromatic N) is 1. The maximum atomic E-state index is 12.8. The van der Waals surface area contributed by atoms with Crippen LogP contribution in [0.4, 0.5) is 4.79 Å². The lowest BCUT2D eigenvalue weighted by atomic mass is 9.91. The van der Waals surface area contributed by atoms with Crippen molar-refractivity contribution >= 4 is 35.3 Å². The van der Waals surface area contributed by atoms with Crippen LogP contribution in [0.15, 0.2) is 60.7 Å². The molecule has 1 amide bonds. The summed E-state index contributed by atoms with van der Waals surface area (Å²) in [6.45, 7) is 0.537. The Morgan fingerprint density at radius 3 is 2.45 bits per heavy atom. The molecule has 0 radical (unpaired) electrons. The number of carbonyl (C=O) groups excluding carboxylic acids is 1.